The Balaban J connectivity index is 1.85. The third kappa shape index (κ3) is 3.27. The van der Waals surface area contributed by atoms with E-state index in [4.69, 9.17) is 0 Å². The quantitative estimate of drug-likeness (QED) is 0.511. The molecule has 2 aromatic carbocycles. The molecular weight excluding hydrogens is 332 g/mol. The van der Waals surface area contributed by atoms with Crippen LogP contribution in [0, 0.1) is 0 Å². The van der Waals surface area contributed by atoms with Gasteiger partial charge in [-0.1, -0.05) is 12.1 Å². The van der Waals surface area contributed by atoms with E-state index in [0.717, 1.165) is 6.29 Å². The van der Waals surface area contributed by atoms with E-state index in [9.17, 15) is 14.4 Å². The Bertz CT molecular complexity index is 946. The van der Waals surface area contributed by atoms with Crippen molar-refractivity contribution in [1.82, 2.24) is 0 Å². The van der Waals surface area contributed by atoms with Crippen molar-refractivity contribution in [3.8, 4) is 0 Å². The number of amides is 1. The highest BCUT2D eigenvalue weighted by Gasteiger charge is 2.30. The summed E-state index contributed by atoms with van der Waals surface area (Å²) in [6, 6.07) is 13.4. The third-order valence-corrected chi connectivity index (χ3v) is 3.86. The average molecular weight is 348 g/mol. The molecule has 1 N–H and O–H groups in total. The zero-order valence-corrected chi connectivity index (χ0v) is 14.3. The summed E-state index contributed by atoms with van der Waals surface area (Å²) in [6.07, 6.45) is 0.730. The minimum Gasteiger partial charge on any atom is -0.298 e. The summed E-state index contributed by atoms with van der Waals surface area (Å²) in [5, 5.41) is 9.59. The van der Waals surface area contributed by atoms with Crippen LogP contribution in [-0.4, -0.2) is 29.4 Å². The van der Waals surface area contributed by atoms with Gasteiger partial charge in [0.25, 0.3) is 0 Å². The molecule has 0 bridgehead atoms. The van der Waals surface area contributed by atoms with E-state index in [1.54, 1.807) is 55.5 Å². The highest BCUT2D eigenvalue weighted by Crippen LogP contribution is 2.21. The largest absolute Gasteiger partial charge is 0.301 e. The Kier molecular flexibility index (Phi) is 4.70. The number of anilines is 2. The van der Waals surface area contributed by atoms with E-state index in [1.165, 1.54) is 11.9 Å². The Hall–Kier alpha value is -3.61. The van der Waals surface area contributed by atoms with Gasteiger partial charge >= 0.3 is 5.91 Å². The minimum absolute atomic E-state index is 0.103. The van der Waals surface area contributed by atoms with Gasteiger partial charge in [-0.05, 0) is 50.2 Å². The van der Waals surface area contributed by atoms with Crippen LogP contribution in [0.1, 0.15) is 34.6 Å². The van der Waals surface area contributed by atoms with Gasteiger partial charge in [0.15, 0.2) is 11.5 Å². The number of hydrogen-bond acceptors (Lipinski definition) is 6. The van der Waals surface area contributed by atoms with Crippen molar-refractivity contribution in [2.75, 3.05) is 10.4 Å². The Labute approximate surface area is 150 Å². The summed E-state index contributed by atoms with van der Waals surface area (Å²) < 4.78 is 0. The summed E-state index contributed by atoms with van der Waals surface area (Å²) in [7, 11) is 0. The van der Waals surface area contributed by atoms with Crippen LogP contribution >= 0.6 is 0 Å². The highest BCUT2D eigenvalue weighted by molar-refractivity contribution is 6.71. The van der Waals surface area contributed by atoms with E-state index in [1.807, 2.05) is 0 Å². The molecule has 0 aromatic heterocycles. The number of hydrazone groups is 2. The number of hydrogen-bond donors (Lipinski definition) is 1. The number of nitrogens with one attached hydrogen (secondary N) is 1. The molecule has 2 aromatic rings. The van der Waals surface area contributed by atoms with Gasteiger partial charge in [0, 0.05) is 11.1 Å². The first-order valence-corrected chi connectivity index (χ1v) is 7.90. The van der Waals surface area contributed by atoms with Crippen LogP contribution in [0.25, 0.3) is 0 Å². The molecule has 3 rings (SSSR count). The predicted molar refractivity (Wildman–Crippen MR) is 99.9 cm³/mol. The first kappa shape index (κ1) is 17.2. The lowest BCUT2D eigenvalue weighted by Gasteiger charge is -2.11. The van der Waals surface area contributed by atoms with Crippen molar-refractivity contribution >= 4 is 40.8 Å². The van der Waals surface area contributed by atoms with Gasteiger partial charge in [0.1, 0.15) is 6.29 Å². The van der Waals surface area contributed by atoms with Gasteiger partial charge in [0.2, 0.25) is 0 Å². The number of Topliss-reactive ketones (excluding diaryl/α,β-unsaturated/α-hetero) is 1. The molecule has 26 heavy (non-hydrogen) atoms. The summed E-state index contributed by atoms with van der Waals surface area (Å²) in [4.78, 5) is 35.0. The molecule has 0 radical (unpaired) electrons. The number of benzene rings is 2. The molecule has 0 unspecified atom stereocenters. The Morgan fingerprint density at radius 1 is 1.15 bits per heavy atom. The zero-order chi connectivity index (χ0) is 18.7. The average Bonchev–Trinajstić information content (AvgIpc) is 2.94. The number of nitrogens with zero attached hydrogens (tertiary/aromatic N) is 3. The van der Waals surface area contributed by atoms with Gasteiger partial charge in [-0.15, -0.1) is 0 Å². The van der Waals surface area contributed by atoms with Crippen LogP contribution in [-0.2, 0) is 4.79 Å². The summed E-state index contributed by atoms with van der Waals surface area (Å²) in [5.41, 5.74) is 5.43. The fraction of sp³-hybridized carbons (Fsp3) is 0.105. The smallest absolute Gasteiger partial charge is 0.298 e. The monoisotopic (exact) mass is 348 g/mol. The van der Waals surface area contributed by atoms with Crippen LogP contribution in [0.15, 0.2) is 58.7 Å². The van der Waals surface area contributed by atoms with E-state index >= 15 is 0 Å². The van der Waals surface area contributed by atoms with Gasteiger partial charge in [-0.3, -0.25) is 19.8 Å². The number of rotatable bonds is 5. The SMILES string of the molecule is CC(=O)c1ccccc1N/N=C1\C(=O)N(c2ccc(C=O)cc2)N=C1C. The molecule has 1 aliphatic heterocycles. The molecule has 7 heteroatoms. The van der Waals surface area contributed by atoms with Crippen molar-refractivity contribution in [3.63, 3.8) is 0 Å². The Morgan fingerprint density at radius 2 is 1.85 bits per heavy atom. The van der Waals surface area contributed by atoms with Crippen molar-refractivity contribution in [2.45, 2.75) is 13.8 Å². The van der Waals surface area contributed by atoms with Crippen LogP contribution in [0.2, 0.25) is 0 Å². The standard InChI is InChI=1S/C19H16N4O3/c1-12-18(21-20-17-6-4-3-5-16(17)13(2)25)19(26)23(22-12)15-9-7-14(11-24)8-10-15/h3-11,20H,1-2H3/b21-18-. The maximum absolute atomic E-state index is 12.6. The lowest BCUT2D eigenvalue weighted by molar-refractivity contribution is -0.112. The van der Waals surface area contributed by atoms with Crippen molar-refractivity contribution < 1.29 is 14.4 Å². The first-order chi connectivity index (χ1) is 12.5. The molecule has 0 aliphatic carbocycles. The lowest BCUT2D eigenvalue weighted by Crippen LogP contribution is -2.28. The summed E-state index contributed by atoms with van der Waals surface area (Å²) in [5.74, 6) is -0.498. The number of para-hydroxylation sites is 1. The Morgan fingerprint density at radius 3 is 2.50 bits per heavy atom. The lowest BCUT2D eigenvalue weighted by atomic mass is 10.1. The summed E-state index contributed by atoms with van der Waals surface area (Å²) in [6.45, 7) is 3.14. The number of carbonyl (C=O) groups excluding carboxylic acids is 3. The minimum atomic E-state index is -0.394. The molecule has 130 valence electrons. The number of ketones is 1. The van der Waals surface area contributed by atoms with Gasteiger partial charge < -0.3 is 0 Å². The molecule has 0 saturated heterocycles. The highest BCUT2D eigenvalue weighted by atomic mass is 16.2. The third-order valence-electron chi connectivity index (χ3n) is 3.86. The molecule has 1 heterocycles. The zero-order valence-electron chi connectivity index (χ0n) is 14.3. The fourth-order valence-corrected chi connectivity index (χ4v) is 2.50. The molecule has 0 atom stereocenters. The molecule has 1 aliphatic rings. The second-order valence-corrected chi connectivity index (χ2v) is 5.69. The van der Waals surface area contributed by atoms with Crippen molar-refractivity contribution in [1.29, 1.82) is 0 Å². The van der Waals surface area contributed by atoms with Crippen LogP contribution < -0.4 is 10.4 Å². The van der Waals surface area contributed by atoms with Gasteiger partial charge in [-0.25, -0.2) is 0 Å². The maximum atomic E-state index is 12.6. The number of carbonyl (C=O) groups is 3. The fourth-order valence-electron chi connectivity index (χ4n) is 2.50. The molecular formula is C19H16N4O3. The van der Waals surface area contributed by atoms with Crippen molar-refractivity contribution in [2.24, 2.45) is 10.2 Å². The van der Waals surface area contributed by atoms with E-state index in [2.05, 4.69) is 15.6 Å². The van der Waals surface area contributed by atoms with E-state index in [-0.39, 0.29) is 11.5 Å². The van der Waals surface area contributed by atoms with Crippen LogP contribution in [0.4, 0.5) is 11.4 Å². The van der Waals surface area contributed by atoms with Crippen LogP contribution in [0.5, 0.6) is 0 Å². The van der Waals surface area contributed by atoms with Crippen LogP contribution in [0.3, 0.4) is 0 Å². The first-order valence-electron chi connectivity index (χ1n) is 7.90. The van der Waals surface area contributed by atoms with Gasteiger partial charge in [-0.2, -0.15) is 15.2 Å². The molecule has 0 spiro atoms. The maximum Gasteiger partial charge on any atom is 0.301 e. The summed E-state index contributed by atoms with van der Waals surface area (Å²) >= 11 is 0. The predicted octanol–water partition coefficient (Wildman–Crippen LogP) is 2.89. The van der Waals surface area contributed by atoms with Gasteiger partial charge in [0.05, 0.1) is 17.1 Å². The second kappa shape index (κ2) is 7.10. The topological polar surface area (TPSA) is 91.2 Å². The van der Waals surface area contributed by atoms with E-state index in [0.29, 0.717) is 28.2 Å². The molecule has 0 saturated carbocycles. The molecule has 1 amide bonds. The normalized spacial score (nSPS) is 15.2. The molecule has 7 nitrogen and oxygen atoms in total. The number of aldehydes is 1. The van der Waals surface area contributed by atoms with Crippen molar-refractivity contribution in [3.05, 3.63) is 59.7 Å². The second-order valence-electron chi connectivity index (χ2n) is 5.69. The van der Waals surface area contributed by atoms with E-state index < -0.39 is 5.91 Å². The molecule has 0 fully saturated rings.